The second-order valence-corrected chi connectivity index (χ2v) is 7.12. The first-order valence-electron chi connectivity index (χ1n) is 5.52. The van der Waals surface area contributed by atoms with E-state index in [2.05, 4.69) is 5.10 Å². The highest BCUT2D eigenvalue weighted by Crippen LogP contribution is 2.26. The fraction of sp³-hybridized carbons (Fsp3) is 0.250. The van der Waals surface area contributed by atoms with E-state index in [1.165, 1.54) is 10.7 Å². The molecule has 2 aromatic rings. The van der Waals surface area contributed by atoms with Crippen LogP contribution in [0.1, 0.15) is 19.5 Å². The van der Waals surface area contributed by atoms with Gasteiger partial charge in [0.25, 0.3) is 9.05 Å². The molecule has 19 heavy (non-hydrogen) atoms. The number of hydrogen-bond donors (Lipinski definition) is 1. The summed E-state index contributed by atoms with van der Waals surface area (Å²) >= 11 is 0. The van der Waals surface area contributed by atoms with Gasteiger partial charge in [-0.25, -0.2) is 13.1 Å². The van der Waals surface area contributed by atoms with E-state index in [9.17, 15) is 13.5 Å². The first-order chi connectivity index (χ1) is 8.69. The molecule has 0 unspecified atom stereocenters. The summed E-state index contributed by atoms with van der Waals surface area (Å²) in [7, 11) is 1.35. The van der Waals surface area contributed by atoms with Crippen molar-refractivity contribution in [2.24, 2.45) is 0 Å². The molecule has 0 amide bonds. The molecule has 1 aromatic heterocycles. The minimum Gasteiger partial charge on any atom is -0.384 e. The smallest absolute Gasteiger partial charge is 0.280 e. The van der Waals surface area contributed by atoms with Gasteiger partial charge in [-0.2, -0.15) is 5.10 Å². The molecule has 0 fully saturated rings. The van der Waals surface area contributed by atoms with Crippen LogP contribution in [-0.4, -0.2) is 23.3 Å². The maximum absolute atomic E-state index is 11.4. The van der Waals surface area contributed by atoms with Crippen molar-refractivity contribution in [3.8, 4) is 5.69 Å². The van der Waals surface area contributed by atoms with Gasteiger partial charge >= 0.3 is 0 Å². The maximum Gasteiger partial charge on any atom is 0.280 e. The van der Waals surface area contributed by atoms with E-state index >= 15 is 0 Å². The number of hydrogen-bond acceptors (Lipinski definition) is 4. The number of nitrogens with zero attached hydrogens (tertiary/aromatic N) is 2. The summed E-state index contributed by atoms with van der Waals surface area (Å²) in [6, 6.07) is 10.2. The lowest BCUT2D eigenvalue weighted by atomic mass is 10.1. The van der Waals surface area contributed by atoms with Gasteiger partial charge in [-0.05, 0) is 26.0 Å². The third-order valence-corrected chi connectivity index (χ3v) is 3.74. The average Bonchev–Trinajstić information content (AvgIpc) is 2.74. The maximum atomic E-state index is 11.4. The number of halogens is 1. The second kappa shape index (κ2) is 4.63. The molecule has 0 aliphatic heterocycles. The highest BCUT2D eigenvalue weighted by molar-refractivity contribution is 8.13. The summed E-state index contributed by atoms with van der Waals surface area (Å²) in [5.74, 6) is 0. The Hall–Kier alpha value is -1.37. The van der Waals surface area contributed by atoms with Crippen molar-refractivity contribution in [1.29, 1.82) is 0 Å². The fourth-order valence-corrected chi connectivity index (χ4v) is 2.34. The van der Waals surface area contributed by atoms with Crippen LogP contribution >= 0.6 is 10.7 Å². The van der Waals surface area contributed by atoms with Gasteiger partial charge in [0.15, 0.2) is 5.03 Å². The third kappa shape index (κ3) is 2.97. The molecule has 0 bridgehead atoms. The van der Waals surface area contributed by atoms with E-state index in [0.29, 0.717) is 11.4 Å². The minimum atomic E-state index is -3.94. The summed E-state index contributed by atoms with van der Waals surface area (Å²) in [5.41, 5.74) is -0.257. The van der Waals surface area contributed by atoms with Gasteiger partial charge in [0.2, 0.25) is 0 Å². The SMILES string of the molecule is CC(C)(O)c1cc(S(=O)(=O)Cl)nn1-c1ccccc1. The molecule has 0 spiro atoms. The Labute approximate surface area is 115 Å². The molecule has 0 radical (unpaired) electrons. The molecule has 1 heterocycles. The third-order valence-electron chi connectivity index (χ3n) is 2.56. The summed E-state index contributed by atoms with van der Waals surface area (Å²) in [6.07, 6.45) is 0. The summed E-state index contributed by atoms with van der Waals surface area (Å²) in [4.78, 5) is 0. The average molecular weight is 301 g/mol. The minimum absolute atomic E-state index is 0.282. The molecule has 2 rings (SSSR count). The molecule has 0 saturated carbocycles. The monoisotopic (exact) mass is 300 g/mol. The van der Waals surface area contributed by atoms with Gasteiger partial charge in [0.1, 0.15) is 5.60 Å². The van der Waals surface area contributed by atoms with E-state index in [0.717, 1.165) is 0 Å². The summed E-state index contributed by atoms with van der Waals surface area (Å²) in [5, 5.41) is 13.8. The Morgan fingerprint density at radius 3 is 2.32 bits per heavy atom. The molecule has 0 atom stereocenters. The van der Waals surface area contributed by atoms with Crippen LogP contribution < -0.4 is 0 Å². The zero-order valence-electron chi connectivity index (χ0n) is 10.4. The second-order valence-electron chi connectivity index (χ2n) is 4.61. The number of aromatic nitrogens is 2. The predicted molar refractivity (Wildman–Crippen MR) is 71.8 cm³/mol. The van der Waals surface area contributed by atoms with Crippen molar-refractivity contribution in [3.63, 3.8) is 0 Å². The lowest BCUT2D eigenvalue weighted by Gasteiger charge is -2.18. The molecule has 7 heteroatoms. The van der Waals surface area contributed by atoms with E-state index in [-0.39, 0.29) is 5.03 Å². The molecule has 0 saturated heterocycles. The van der Waals surface area contributed by atoms with Gasteiger partial charge in [-0.15, -0.1) is 0 Å². The van der Waals surface area contributed by atoms with Gasteiger partial charge in [0.05, 0.1) is 11.4 Å². The van der Waals surface area contributed by atoms with Crippen molar-refractivity contribution >= 4 is 19.7 Å². The van der Waals surface area contributed by atoms with Crippen LogP contribution in [0.4, 0.5) is 0 Å². The Balaban J connectivity index is 2.70. The molecule has 1 aromatic carbocycles. The van der Waals surface area contributed by atoms with Crippen LogP contribution in [0.2, 0.25) is 0 Å². The normalized spacial score (nSPS) is 12.6. The fourth-order valence-electron chi connectivity index (χ4n) is 1.68. The van der Waals surface area contributed by atoms with Crippen molar-refractivity contribution in [1.82, 2.24) is 9.78 Å². The number of rotatable bonds is 3. The van der Waals surface area contributed by atoms with Crippen molar-refractivity contribution in [2.75, 3.05) is 0 Å². The standard InChI is InChI=1S/C12H13ClN2O3S/c1-12(2,16)10-8-11(19(13,17)18)14-15(10)9-6-4-3-5-7-9/h3-8,16H,1-2H3. The largest absolute Gasteiger partial charge is 0.384 e. The van der Waals surface area contributed by atoms with Gasteiger partial charge in [-0.3, -0.25) is 0 Å². The Bertz CT molecular complexity index is 688. The van der Waals surface area contributed by atoms with Gasteiger partial charge in [0, 0.05) is 16.7 Å². The van der Waals surface area contributed by atoms with E-state index in [1.807, 2.05) is 6.07 Å². The molecular formula is C12H13ClN2O3S. The van der Waals surface area contributed by atoms with Crippen LogP contribution in [0, 0.1) is 0 Å². The van der Waals surface area contributed by atoms with Crippen LogP contribution in [-0.2, 0) is 14.7 Å². The van der Waals surface area contributed by atoms with E-state index < -0.39 is 14.7 Å². The first kappa shape index (κ1) is 14.0. The Kier molecular flexibility index (Phi) is 3.42. The summed E-state index contributed by atoms with van der Waals surface area (Å²) in [6.45, 7) is 3.10. The molecular weight excluding hydrogens is 288 g/mol. The van der Waals surface area contributed by atoms with Crippen molar-refractivity contribution in [2.45, 2.75) is 24.5 Å². The highest BCUT2D eigenvalue weighted by Gasteiger charge is 2.27. The lowest BCUT2D eigenvalue weighted by molar-refractivity contribution is 0.0711. The molecule has 5 nitrogen and oxygen atoms in total. The van der Waals surface area contributed by atoms with Crippen molar-refractivity contribution < 1.29 is 13.5 Å². The van der Waals surface area contributed by atoms with Crippen molar-refractivity contribution in [3.05, 3.63) is 42.1 Å². The lowest BCUT2D eigenvalue weighted by Crippen LogP contribution is -2.20. The Morgan fingerprint density at radius 2 is 1.84 bits per heavy atom. The van der Waals surface area contributed by atoms with Gasteiger partial charge < -0.3 is 5.11 Å². The van der Waals surface area contributed by atoms with Crippen LogP contribution in [0.3, 0.4) is 0 Å². The van der Waals surface area contributed by atoms with E-state index in [1.54, 1.807) is 38.1 Å². The molecule has 0 aliphatic carbocycles. The van der Waals surface area contributed by atoms with E-state index in [4.69, 9.17) is 10.7 Å². The molecule has 1 N–H and O–H groups in total. The first-order valence-corrected chi connectivity index (χ1v) is 7.83. The molecule has 102 valence electrons. The number of para-hydroxylation sites is 1. The van der Waals surface area contributed by atoms with Crippen LogP contribution in [0.5, 0.6) is 0 Å². The summed E-state index contributed by atoms with van der Waals surface area (Å²) < 4.78 is 24.1. The number of aliphatic hydroxyl groups is 1. The Morgan fingerprint density at radius 1 is 1.26 bits per heavy atom. The topological polar surface area (TPSA) is 72.2 Å². The van der Waals surface area contributed by atoms with Crippen LogP contribution in [0.25, 0.3) is 5.69 Å². The quantitative estimate of drug-likeness (QED) is 0.880. The van der Waals surface area contributed by atoms with Crippen LogP contribution in [0.15, 0.2) is 41.4 Å². The molecule has 0 aliphatic rings. The van der Waals surface area contributed by atoms with Gasteiger partial charge in [-0.1, -0.05) is 18.2 Å². The predicted octanol–water partition coefficient (Wildman–Crippen LogP) is 2.03. The number of benzene rings is 1. The zero-order chi connectivity index (χ0) is 14.3. The zero-order valence-corrected chi connectivity index (χ0v) is 12.0. The highest BCUT2D eigenvalue weighted by atomic mass is 35.7.